The van der Waals surface area contributed by atoms with Crippen molar-refractivity contribution in [2.24, 2.45) is 0 Å². The zero-order valence-corrected chi connectivity index (χ0v) is 13.1. The highest BCUT2D eigenvalue weighted by Gasteiger charge is 2.50. The van der Waals surface area contributed by atoms with Gasteiger partial charge in [-0.25, -0.2) is 0 Å². The Kier molecular flexibility index (Phi) is 3.95. The molecule has 0 aromatic heterocycles. The predicted molar refractivity (Wildman–Crippen MR) is 92.7 cm³/mol. The van der Waals surface area contributed by atoms with Crippen LogP contribution in [0.2, 0.25) is 0 Å². The van der Waals surface area contributed by atoms with Gasteiger partial charge in [0, 0.05) is 23.4 Å². The van der Waals surface area contributed by atoms with Gasteiger partial charge in [-0.1, -0.05) is 24.3 Å². The Morgan fingerprint density at radius 1 is 1.21 bits per heavy atom. The lowest BCUT2D eigenvalue weighted by atomic mass is 9.88. The molecule has 2 aromatic rings. The van der Waals surface area contributed by atoms with E-state index in [1.807, 2.05) is 0 Å². The minimum absolute atomic E-state index is 0.272. The van der Waals surface area contributed by atoms with Gasteiger partial charge in [0.05, 0.1) is 12.1 Å². The van der Waals surface area contributed by atoms with E-state index in [1.54, 1.807) is 54.6 Å². The van der Waals surface area contributed by atoms with Crippen LogP contribution in [0, 0.1) is 0 Å². The number of nitrogens with zero attached hydrogens (tertiary/aromatic N) is 1. The van der Waals surface area contributed by atoms with Crippen LogP contribution < -0.4 is 10.6 Å². The van der Waals surface area contributed by atoms with Crippen LogP contribution in [-0.2, 0) is 10.4 Å². The topological polar surface area (TPSA) is 83.6 Å². The first kappa shape index (κ1) is 16.0. The number of nitrogen functional groups attached to an aromatic ring is 1. The zero-order chi connectivity index (χ0) is 17.3. The Bertz CT molecular complexity index is 814. The summed E-state index contributed by atoms with van der Waals surface area (Å²) in [6.07, 6.45) is 1.27. The van der Waals surface area contributed by atoms with Gasteiger partial charge in [0.25, 0.3) is 5.91 Å². The molecule has 2 aromatic carbocycles. The molecule has 3 N–H and O–H groups in total. The van der Waals surface area contributed by atoms with Gasteiger partial charge in [-0.2, -0.15) is 0 Å². The summed E-state index contributed by atoms with van der Waals surface area (Å²) in [5, 5.41) is 11.0. The highest BCUT2D eigenvalue weighted by Crippen LogP contribution is 2.42. The van der Waals surface area contributed by atoms with Gasteiger partial charge in [-0.15, -0.1) is 6.58 Å². The first-order chi connectivity index (χ1) is 11.5. The van der Waals surface area contributed by atoms with E-state index in [4.69, 9.17) is 5.73 Å². The molecule has 1 aliphatic rings. The number of Topliss-reactive ketones (excluding diaryl/α,β-unsaturated/α-hetero) is 1. The molecule has 1 amide bonds. The Balaban J connectivity index is 1.97. The average molecular weight is 322 g/mol. The minimum Gasteiger partial charge on any atom is -0.399 e. The number of aliphatic hydroxyl groups is 1. The van der Waals surface area contributed by atoms with Crippen LogP contribution in [0.3, 0.4) is 0 Å². The summed E-state index contributed by atoms with van der Waals surface area (Å²) in [6, 6.07) is 13.4. The number of ketones is 1. The Hall–Kier alpha value is -2.92. The van der Waals surface area contributed by atoms with E-state index in [0.717, 1.165) is 0 Å². The third-order valence-electron chi connectivity index (χ3n) is 4.20. The molecule has 0 saturated heterocycles. The monoisotopic (exact) mass is 322 g/mol. The van der Waals surface area contributed by atoms with Gasteiger partial charge in [-0.3, -0.25) is 9.59 Å². The van der Waals surface area contributed by atoms with E-state index in [2.05, 4.69) is 6.58 Å². The van der Waals surface area contributed by atoms with Gasteiger partial charge >= 0.3 is 0 Å². The maximum absolute atomic E-state index is 12.8. The molecule has 0 unspecified atom stereocenters. The molecule has 1 aliphatic heterocycles. The highest BCUT2D eigenvalue weighted by molar-refractivity contribution is 6.10. The number of carbonyl (C=O) groups is 2. The summed E-state index contributed by atoms with van der Waals surface area (Å²) in [6.45, 7) is 3.91. The fourth-order valence-electron chi connectivity index (χ4n) is 2.99. The zero-order valence-electron chi connectivity index (χ0n) is 13.1. The Labute approximate surface area is 140 Å². The van der Waals surface area contributed by atoms with Crippen molar-refractivity contribution in [2.75, 3.05) is 17.2 Å². The molecular formula is C19H18N2O3. The summed E-state index contributed by atoms with van der Waals surface area (Å²) in [4.78, 5) is 26.7. The number of anilines is 2. The van der Waals surface area contributed by atoms with E-state index >= 15 is 0 Å². The largest absolute Gasteiger partial charge is 0.399 e. The fraction of sp³-hybridized carbons (Fsp3) is 0.158. The molecule has 3 rings (SSSR count). The van der Waals surface area contributed by atoms with Crippen LogP contribution in [0.4, 0.5) is 11.4 Å². The number of carbonyl (C=O) groups excluding carboxylic acids is 2. The molecule has 1 atom stereocenters. The molecule has 5 heteroatoms. The van der Waals surface area contributed by atoms with Gasteiger partial charge < -0.3 is 15.7 Å². The van der Waals surface area contributed by atoms with Gasteiger partial charge in [0.1, 0.15) is 0 Å². The SMILES string of the molecule is C=CCN1C(=O)[C@@](O)(CC(=O)c2ccc(N)cc2)c2ccccc21. The van der Waals surface area contributed by atoms with Crippen molar-refractivity contribution in [3.8, 4) is 0 Å². The van der Waals surface area contributed by atoms with Crippen LogP contribution in [0.25, 0.3) is 0 Å². The number of amides is 1. The van der Waals surface area contributed by atoms with E-state index in [1.165, 1.54) is 4.90 Å². The summed E-state index contributed by atoms with van der Waals surface area (Å²) in [7, 11) is 0. The number of para-hydroxylation sites is 1. The number of hydrogen-bond donors (Lipinski definition) is 2. The average Bonchev–Trinajstić information content (AvgIpc) is 2.78. The molecule has 1 heterocycles. The first-order valence-corrected chi connectivity index (χ1v) is 7.61. The van der Waals surface area contributed by atoms with Gasteiger partial charge in [-0.05, 0) is 30.3 Å². The molecule has 0 radical (unpaired) electrons. The number of benzene rings is 2. The van der Waals surface area contributed by atoms with Crippen molar-refractivity contribution in [3.05, 3.63) is 72.3 Å². The number of nitrogens with two attached hydrogens (primary N) is 1. The summed E-state index contributed by atoms with van der Waals surface area (Å²) in [5.74, 6) is -0.825. The maximum atomic E-state index is 12.8. The standard InChI is InChI=1S/C19H18N2O3/c1-2-11-21-16-6-4-3-5-15(16)19(24,18(21)23)12-17(22)13-7-9-14(20)10-8-13/h2-10,24H,1,11-12,20H2/t19-/m1/s1. The lowest BCUT2D eigenvalue weighted by Crippen LogP contribution is -2.41. The van der Waals surface area contributed by atoms with E-state index in [-0.39, 0.29) is 18.7 Å². The van der Waals surface area contributed by atoms with Crippen molar-refractivity contribution < 1.29 is 14.7 Å². The molecule has 122 valence electrons. The highest BCUT2D eigenvalue weighted by atomic mass is 16.3. The third-order valence-corrected chi connectivity index (χ3v) is 4.20. The second-order valence-electron chi connectivity index (χ2n) is 5.80. The molecular weight excluding hydrogens is 304 g/mol. The summed E-state index contributed by atoms with van der Waals surface area (Å²) in [5.41, 5.74) is 5.76. The van der Waals surface area contributed by atoms with Crippen molar-refractivity contribution in [2.45, 2.75) is 12.0 Å². The lowest BCUT2D eigenvalue weighted by molar-refractivity contribution is -0.135. The van der Waals surface area contributed by atoms with Crippen LogP contribution in [0.15, 0.2) is 61.2 Å². The van der Waals surface area contributed by atoms with Crippen LogP contribution in [-0.4, -0.2) is 23.3 Å². The molecule has 0 aliphatic carbocycles. The Morgan fingerprint density at radius 3 is 2.54 bits per heavy atom. The second-order valence-corrected chi connectivity index (χ2v) is 5.80. The maximum Gasteiger partial charge on any atom is 0.264 e. The summed E-state index contributed by atoms with van der Waals surface area (Å²) < 4.78 is 0. The van der Waals surface area contributed by atoms with Crippen LogP contribution in [0.1, 0.15) is 22.3 Å². The fourth-order valence-corrected chi connectivity index (χ4v) is 2.99. The molecule has 0 fully saturated rings. The molecule has 5 nitrogen and oxygen atoms in total. The van der Waals surface area contributed by atoms with Crippen molar-refractivity contribution in [1.29, 1.82) is 0 Å². The predicted octanol–water partition coefficient (Wildman–Crippen LogP) is 2.26. The third kappa shape index (κ3) is 2.49. The smallest absolute Gasteiger partial charge is 0.264 e. The lowest BCUT2D eigenvalue weighted by Gasteiger charge is -2.22. The quantitative estimate of drug-likeness (QED) is 0.502. The molecule has 0 bridgehead atoms. The van der Waals surface area contributed by atoms with E-state index in [0.29, 0.717) is 22.5 Å². The summed E-state index contributed by atoms with van der Waals surface area (Å²) >= 11 is 0. The van der Waals surface area contributed by atoms with Crippen molar-refractivity contribution in [3.63, 3.8) is 0 Å². The van der Waals surface area contributed by atoms with E-state index < -0.39 is 11.5 Å². The van der Waals surface area contributed by atoms with E-state index in [9.17, 15) is 14.7 Å². The second kappa shape index (κ2) is 5.94. The number of fused-ring (bicyclic) bond motifs is 1. The van der Waals surface area contributed by atoms with Crippen molar-refractivity contribution in [1.82, 2.24) is 0 Å². The first-order valence-electron chi connectivity index (χ1n) is 7.61. The molecule has 24 heavy (non-hydrogen) atoms. The minimum atomic E-state index is -1.86. The normalized spacial score (nSPS) is 19.2. The number of hydrogen-bond acceptors (Lipinski definition) is 4. The van der Waals surface area contributed by atoms with Crippen molar-refractivity contribution >= 4 is 23.1 Å². The van der Waals surface area contributed by atoms with Crippen LogP contribution in [0.5, 0.6) is 0 Å². The molecule has 0 saturated carbocycles. The Morgan fingerprint density at radius 2 is 1.88 bits per heavy atom. The number of rotatable bonds is 5. The van der Waals surface area contributed by atoms with Gasteiger partial charge in [0.15, 0.2) is 11.4 Å². The molecule has 0 spiro atoms. The van der Waals surface area contributed by atoms with Crippen LogP contribution >= 0.6 is 0 Å². The van der Waals surface area contributed by atoms with Gasteiger partial charge in [0.2, 0.25) is 0 Å².